The molecule has 1 saturated heterocycles. The summed E-state index contributed by atoms with van der Waals surface area (Å²) in [6.07, 6.45) is 4.00. The zero-order chi connectivity index (χ0) is 12.5. The van der Waals surface area contributed by atoms with Crippen molar-refractivity contribution in [2.24, 2.45) is 23.5 Å². The average molecular weight is 240 g/mol. The highest BCUT2D eigenvalue weighted by molar-refractivity contribution is 5.05. The van der Waals surface area contributed by atoms with E-state index >= 15 is 0 Å². The van der Waals surface area contributed by atoms with Crippen LogP contribution in [-0.4, -0.2) is 43.8 Å². The smallest absolute Gasteiger partial charge is 0.0661 e. The fraction of sp³-hybridized carbons (Fsp3) is 1.00. The van der Waals surface area contributed by atoms with Gasteiger partial charge < -0.3 is 10.5 Å². The van der Waals surface area contributed by atoms with Gasteiger partial charge in [0.1, 0.15) is 0 Å². The molecule has 3 nitrogen and oxygen atoms in total. The van der Waals surface area contributed by atoms with Crippen molar-refractivity contribution in [3.05, 3.63) is 0 Å². The maximum atomic E-state index is 6.11. The summed E-state index contributed by atoms with van der Waals surface area (Å²) in [5, 5.41) is 0. The van der Waals surface area contributed by atoms with Crippen LogP contribution in [0.3, 0.4) is 0 Å². The van der Waals surface area contributed by atoms with Crippen molar-refractivity contribution in [2.45, 2.75) is 38.6 Å². The molecular weight excluding hydrogens is 212 g/mol. The molecule has 0 aromatic heterocycles. The van der Waals surface area contributed by atoms with E-state index in [-0.39, 0.29) is 5.54 Å². The number of nitrogens with two attached hydrogens (primary N) is 1. The zero-order valence-electron chi connectivity index (χ0n) is 11.6. The van der Waals surface area contributed by atoms with Crippen molar-refractivity contribution in [3.8, 4) is 0 Å². The fourth-order valence-electron chi connectivity index (χ4n) is 3.43. The van der Waals surface area contributed by atoms with Gasteiger partial charge in [0.15, 0.2) is 0 Å². The summed E-state index contributed by atoms with van der Waals surface area (Å²) in [6, 6.07) is 0. The maximum absolute atomic E-state index is 6.11. The van der Waals surface area contributed by atoms with E-state index in [0.717, 1.165) is 30.9 Å². The molecule has 0 aromatic carbocycles. The van der Waals surface area contributed by atoms with Gasteiger partial charge in [0, 0.05) is 20.2 Å². The quantitative estimate of drug-likeness (QED) is 0.768. The number of likely N-dealkylation sites (tertiary alicyclic amines) is 1. The minimum absolute atomic E-state index is 0.137. The van der Waals surface area contributed by atoms with Gasteiger partial charge in [-0.05, 0) is 43.6 Å². The Kier molecular flexibility index (Phi) is 4.11. The van der Waals surface area contributed by atoms with Crippen molar-refractivity contribution in [3.63, 3.8) is 0 Å². The Morgan fingerprint density at radius 2 is 2.06 bits per heavy atom. The zero-order valence-corrected chi connectivity index (χ0v) is 11.6. The third kappa shape index (κ3) is 2.51. The number of hydrogen-bond donors (Lipinski definition) is 1. The SMILES string of the molecule is COCC(CN)(C1CC1)N1CCC(C(C)C)C1. The van der Waals surface area contributed by atoms with Crippen LogP contribution in [0.25, 0.3) is 0 Å². The van der Waals surface area contributed by atoms with Gasteiger partial charge in [-0.1, -0.05) is 13.8 Å². The Balaban J connectivity index is 2.06. The van der Waals surface area contributed by atoms with Crippen LogP contribution in [0.5, 0.6) is 0 Å². The van der Waals surface area contributed by atoms with Crippen molar-refractivity contribution in [2.75, 3.05) is 33.4 Å². The van der Waals surface area contributed by atoms with E-state index in [1.54, 1.807) is 0 Å². The normalized spacial score (nSPS) is 29.8. The third-order valence-corrected chi connectivity index (χ3v) is 4.88. The summed E-state index contributed by atoms with van der Waals surface area (Å²) in [5.41, 5.74) is 6.25. The Morgan fingerprint density at radius 3 is 2.47 bits per heavy atom. The summed E-state index contributed by atoms with van der Waals surface area (Å²) in [4.78, 5) is 2.64. The molecule has 0 radical (unpaired) electrons. The molecule has 0 bridgehead atoms. The minimum Gasteiger partial charge on any atom is -0.383 e. The molecule has 3 heteroatoms. The number of rotatable bonds is 6. The molecule has 0 amide bonds. The predicted molar refractivity (Wildman–Crippen MR) is 70.9 cm³/mol. The van der Waals surface area contributed by atoms with Crippen LogP contribution in [-0.2, 0) is 4.74 Å². The van der Waals surface area contributed by atoms with Crippen molar-refractivity contribution < 1.29 is 4.74 Å². The molecular formula is C14H28N2O. The molecule has 2 unspecified atom stereocenters. The monoisotopic (exact) mass is 240 g/mol. The maximum Gasteiger partial charge on any atom is 0.0661 e. The number of nitrogens with zero attached hydrogens (tertiary/aromatic N) is 1. The highest BCUT2D eigenvalue weighted by Gasteiger charge is 2.50. The van der Waals surface area contributed by atoms with Crippen LogP contribution in [0.4, 0.5) is 0 Å². The molecule has 0 aromatic rings. The van der Waals surface area contributed by atoms with Gasteiger partial charge >= 0.3 is 0 Å². The molecule has 2 rings (SSSR count). The molecule has 17 heavy (non-hydrogen) atoms. The van der Waals surface area contributed by atoms with E-state index in [1.807, 2.05) is 7.11 Å². The first kappa shape index (κ1) is 13.3. The van der Waals surface area contributed by atoms with Gasteiger partial charge in [-0.3, -0.25) is 4.90 Å². The van der Waals surface area contributed by atoms with E-state index in [1.165, 1.54) is 32.4 Å². The first-order chi connectivity index (χ1) is 8.14. The fourth-order valence-corrected chi connectivity index (χ4v) is 3.43. The van der Waals surface area contributed by atoms with Crippen LogP contribution in [0.15, 0.2) is 0 Å². The van der Waals surface area contributed by atoms with Gasteiger partial charge in [0.2, 0.25) is 0 Å². The highest BCUT2D eigenvalue weighted by Crippen LogP contribution is 2.45. The minimum atomic E-state index is 0.137. The summed E-state index contributed by atoms with van der Waals surface area (Å²) >= 11 is 0. The van der Waals surface area contributed by atoms with Crippen LogP contribution >= 0.6 is 0 Å². The molecule has 0 spiro atoms. The lowest BCUT2D eigenvalue weighted by Crippen LogP contribution is -2.58. The summed E-state index contributed by atoms with van der Waals surface area (Å²) < 4.78 is 5.49. The molecule has 1 heterocycles. The van der Waals surface area contributed by atoms with Gasteiger partial charge in [-0.2, -0.15) is 0 Å². The van der Waals surface area contributed by atoms with E-state index in [0.29, 0.717) is 0 Å². The van der Waals surface area contributed by atoms with Crippen molar-refractivity contribution in [1.82, 2.24) is 4.90 Å². The summed E-state index contributed by atoms with van der Waals surface area (Å²) in [5.74, 6) is 2.41. The van der Waals surface area contributed by atoms with E-state index in [2.05, 4.69) is 18.7 Å². The van der Waals surface area contributed by atoms with Gasteiger partial charge in [0.25, 0.3) is 0 Å². The third-order valence-electron chi connectivity index (χ3n) is 4.88. The van der Waals surface area contributed by atoms with Crippen molar-refractivity contribution in [1.29, 1.82) is 0 Å². The molecule has 2 N–H and O–H groups in total. The van der Waals surface area contributed by atoms with Crippen LogP contribution < -0.4 is 5.73 Å². The molecule has 1 aliphatic heterocycles. The van der Waals surface area contributed by atoms with Crippen LogP contribution in [0.2, 0.25) is 0 Å². The summed E-state index contributed by atoms with van der Waals surface area (Å²) in [7, 11) is 1.81. The second kappa shape index (κ2) is 5.25. The van der Waals surface area contributed by atoms with E-state index < -0.39 is 0 Å². The summed E-state index contributed by atoms with van der Waals surface area (Å²) in [6.45, 7) is 8.65. The Morgan fingerprint density at radius 1 is 1.35 bits per heavy atom. The van der Waals surface area contributed by atoms with Gasteiger partial charge in [-0.15, -0.1) is 0 Å². The number of hydrogen-bond acceptors (Lipinski definition) is 3. The molecule has 2 fully saturated rings. The van der Waals surface area contributed by atoms with E-state index in [9.17, 15) is 0 Å². The highest BCUT2D eigenvalue weighted by atomic mass is 16.5. The van der Waals surface area contributed by atoms with E-state index in [4.69, 9.17) is 10.5 Å². The molecule has 1 saturated carbocycles. The standard InChI is InChI=1S/C14H28N2O/c1-11(2)12-6-7-16(8-12)14(9-15,10-17-3)13-4-5-13/h11-13H,4-10,15H2,1-3H3. The lowest BCUT2D eigenvalue weighted by molar-refractivity contribution is 0.0102. The van der Waals surface area contributed by atoms with Gasteiger partial charge in [0.05, 0.1) is 12.1 Å². The first-order valence-corrected chi connectivity index (χ1v) is 7.08. The molecule has 2 aliphatic rings. The first-order valence-electron chi connectivity index (χ1n) is 7.08. The largest absolute Gasteiger partial charge is 0.383 e. The average Bonchev–Trinajstić information content (AvgIpc) is 3.03. The molecule has 1 aliphatic carbocycles. The predicted octanol–water partition coefficient (Wildman–Crippen LogP) is 1.72. The topological polar surface area (TPSA) is 38.5 Å². The lowest BCUT2D eigenvalue weighted by Gasteiger charge is -2.41. The lowest BCUT2D eigenvalue weighted by atomic mass is 9.91. The van der Waals surface area contributed by atoms with Crippen molar-refractivity contribution >= 4 is 0 Å². The Labute approximate surface area is 106 Å². The number of ether oxygens (including phenoxy) is 1. The van der Waals surface area contributed by atoms with Crippen LogP contribution in [0, 0.1) is 17.8 Å². The second-order valence-corrected chi connectivity index (χ2v) is 6.25. The Bertz CT molecular complexity index is 253. The number of methoxy groups -OCH3 is 1. The molecule has 2 atom stereocenters. The molecule has 100 valence electrons. The van der Waals surface area contributed by atoms with Crippen LogP contribution in [0.1, 0.15) is 33.1 Å². The van der Waals surface area contributed by atoms with Gasteiger partial charge in [-0.25, -0.2) is 0 Å². The Hall–Kier alpha value is -0.120. The second-order valence-electron chi connectivity index (χ2n) is 6.25.